The van der Waals surface area contributed by atoms with Gasteiger partial charge in [-0.1, -0.05) is 6.92 Å². The van der Waals surface area contributed by atoms with Gasteiger partial charge in [-0.3, -0.25) is 4.79 Å². The average Bonchev–Trinajstić information content (AvgIpc) is 2.41. The minimum atomic E-state index is -0.162. The molecule has 1 atom stereocenters. The predicted molar refractivity (Wildman–Crippen MR) is 68.5 cm³/mol. The Morgan fingerprint density at radius 3 is 2.67 bits per heavy atom. The van der Waals surface area contributed by atoms with Crippen LogP contribution < -0.4 is 19.7 Å². The molecule has 2 aliphatic rings. The van der Waals surface area contributed by atoms with Crippen LogP contribution in [0.2, 0.25) is 0 Å². The molecule has 0 spiro atoms. The molecule has 0 aliphatic carbocycles. The summed E-state index contributed by atoms with van der Waals surface area (Å²) in [7, 11) is 1.79. The summed E-state index contributed by atoms with van der Waals surface area (Å²) in [5.41, 5.74) is 1.77. The van der Waals surface area contributed by atoms with Crippen molar-refractivity contribution >= 4 is 17.3 Å². The summed E-state index contributed by atoms with van der Waals surface area (Å²) in [6.07, 6.45) is 0.761. The minimum absolute atomic E-state index is 0.0849. The summed E-state index contributed by atoms with van der Waals surface area (Å²) >= 11 is 0. The number of nitrogens with zero attached hydrogens (tertiary/aromatic N) is 1. The summed E-state index contributed by atoms with van der Waals surface area (Å²) in [6, 6.07) is 3.61. The van der Waals surface area contributed by atoms with E-state index in [-0.39, 0.29) is 11.9 Å². The van der Waals surface area contributed by atoms with Crippen LogP contribution in [-0.2, 0) is 4.79 Å². The molecule has 1 amide bonds. The molecule has 2 aliphatic heterocycles. The van der Waals surface area contributed by atoms with E-state index in [0.29, 0.717) is 19.0 Å². The molecule has 96 valence electrons. The minimum Gasteiger partial charge on any atom is -0.486 e. The van der Waals surface area contributed by atoms with Crippen molar-refractivity contribution in [3.8, 4) is 11.5 Å². The van der Waals surface area contributed by atoms with E-state index in [2.05, 4.69) is 5.32 Å². The monoisotopic (exact) mass is 248 g/mol. The lowest BCUT2D eigenvalue weighted by atomic mass is 10.1. The normalized spacial score (nSPS) is 21.3. The molecule has 1 aromatic carbocycles. The Bertz CT molecular complexity index is 501. The number of amides is 1. The molecule has 1 unspecified atom stereocenters. The van der Waals surface area contributed by atoms with Gasteiger partial charge in [-0.15, -0.1) is 0 Å². The molecule has 2 heterocycles. The first-order valence-electron chi connectivity index (χ1n) is 6.18. The van der Waals surface area contributed by atoms with Gasteiger partial charge in [0.1, 0.15) is 19.3 Å². The third-order valence-electron chi connectivity index (χ3n) is 3.39. The van der Waals surface area contributed by atoms with Crippen molar-refractivity contribution in [3.05, 3.63) is 12.1 Å². The Morgan fingerprint density at radius 2 is 2.00 bits per heavy atom. The van der Waals surface area contributed by atoms with Crippen LogP contribution in [0.25, 0.3) is 0 Å². The van der Waals surface area contributed by atoms with Gasteiger partial charge in [0.05, 0.1) is 11.4 Å². The van der Waals surface area contributed by atoms with Crippen LogP contribution in [0, 0.1) is 0 Å². The molecule has 0 saturated carbocycles. The zero-order valence-electron chi connectivity index (χ0n) is 10.5. The molecular weight excluding hydrogens is 232 g/mol. The third kappa shape index (κ3) is 1.58. The maximum atomic E-state index is 12.1. The Labute approximate surface area is 106 Å². The second-order valence-electron chi connectivity index (χ2n) is 4.52. The number of likely N-dealkylation sites (N-methyl/N-ethyl adjacent to an activating group) is 1. The Hall–Kier alpha value is -1.91. The van der Waals surface area contributed by atoms with Crippen LogP contribution in [0.5, 0.6) is 11.5 Å². The lowest BCUT2D eigenvalue weighted by Gasteiger charge is -2.33. The SMILES string of the molecule is CCC1Nc2cc3c(cc2N(C)C1=O)OCCO3. The van der Waals surface area contributed by atoms with E-state index >= 15 is 0 Å². The Morgan fingerprint density at radius 1 is 1.33 bits per heavy atom. The van der Waals surface area contributed by atoms with E-state index in [1.165, 1.54) is 0 Å². The van der Waals surface area contributed by atoms with Crippen LogP contribution in [0.1, 0.15) is 13.3 Å². The van der Waals surface area contributed by atoms with Crippen LogP contribution in [-0.4, -0.2) is 32.2 Å². The van der Waals surface area contributed by atoms with E-state index in [0.717, 1.165) is 23.5 Å². The van der Waals surface area contributed by atoms with Crippen molar-refractivity contribution in [3.63, 3.8) is 0 Å². The number of carbonyl (C=O) groups excluding carboxylic acids is 1. The summed E-state index contributed by atoms with van der Waals surface area (Å²) in [5, 5.41) is 3.25. The standard InChI is InChI=1S/C13H16N2O3/c1-3-8-13(16)15(2)10-7-12-11(6-9(10)14-8)17-4-5-18-12/h6-8,14H,3-5H2,1-2H3. The number of benzene rings is 1. The molecule has 0 fully saturated rings. The summed E-state index contributed by atoms with van der Waals surface area (Å²) in [5.74, 6) is 1.53. The first kappa shape index (κ1) is 11.2. The highest BCUT2D eigenvalue weighted by Gasteiger charge is 2.30. The van der Waals surface area contributed by atoms with Gasteiger partial charge in [-0.25, -0.2) is 0 Å². The van der Waals surface area contributed by atoms with Gasteiger partial charge in [0.15, 0.2) is 11.5 Å². The van der Waals surface area contributed by atoms with E-state index in [1.807, 2.05) is 19.1 Å². The van der Waals surface area contributed by atoms with Gasteiger partial charge in [-0.05, 0) is 6.42 Å². The van der Waals surface area contributed by atoms with Gasteiger partial charge < -0.3 is 19.7 Å². The molecule has 18 heavy (non-hydrogen) atoms. The number of hydrogen-bond acceptors (Lipinski definition) is 4. The quantitative estimate of drug-likeness (QED) is 0.820. The zero-order valence-corrected chi connectivity index (χ0v) is 10.5. The maximum absolute atomic E-state index is 12.1. The third-order valence-corrected chi connectivity index (χ3v) is 3.39. The highest BCUT2D eigenvalue weighted by atomic mass is 16.6. The smallest absolute Gasteiger partial charge is 0.249 e. The van der Waals surface area contributed by atoms with Gasteiger partial charge in [-0.2, -0.15) is 0 Å². The van der Waals surface area contributed by atoms with Crippen molar-refractivity contribution in [2.75, 3.05) is 30.5 Å². The van der Waals surface area contributed by atoms with Crippen LogP contribution in [0.15, 0.2) is 12.1 Å². The Kier molecular flexibility index (Phi) is 2.54. The number of carbonyl (C=O) groups is 1. The fourth-order valence-electron chi connectivity index (χ4n) is 2.35. The summed E-state index contributed by atoms with van der Waals surface area (Å²) in [4.78, 5) is 13.8. The van der Waals surface area contributed by atoms with E-state index in [4.69, 9.17) is 9.47 Å². The van der Waals surface area contributed by atoms with Crippen molar-refractivity contribution in [1.29, 1.82) is 0 Å². The lowest BCUT2D eigenvalue weighted by Crippen LogP contribution is -2.44. The first-order chi connectivity index (χ1) is 8.70. The molecule has 0 saturated heterocycles. The average molecular weight is 248 g/mol. The molecule has 3 rings (SSSR count). The molecule has 0 bridgehead atoms. The number of rotatable bonds is 1. The van der Waals surface area contributed by atoms with Crippen LogP contribution >= 0.6 is 0 Å². The summed E-state index contributed by atoms with van der Waals surface area (Å²) < 4.78 is 11.1. The topological polar surface area (TPSA) is 50.8 Å². The van der Waals surface area contributed by atoms with E-state index in [1.54, 1.807) is 11.9 Å². The van der Waals surface area contributed by atoms with Crippen molar-refractivity contribution in [2.45, 2.75) is 19.4 Å². The maximum Gasteiger partial charge on any atom is 0.249 e. The second kappa shape index (κ2) is 4.08. The van der Waals surface area contributed by atoms with Crippen molar-refractivity contribution in [2.24, 2.45) is 0 Å². The molecule has 1 N–H and O–H groups in total. The van der Waals surface area contributed by atoms with Gasteiger partial charge in [0, 0.05) is 19.2 Å². The fourth-order valence-corrected chi connectivity index (χ4v) is 2.35. The Balaban J connectivity index is 2.06. The first-order valence-corrected chi connectivity index (χ1v) is 6.18. The van der Waals surface area contributed by atoms with E-state index in [9.17, 15) is 4.79 Å². The molecular formula is C13H16N2O3. The molecule has 0 radical (unpaired) electrons. The number of anilines is 2. The number of hydrogen-bond donors (Lipinski definition) is 1. The van der Waals surface area contributed by atoms with Gasteiger partial charge in [0.2, 0.25) is 5.91 Å². The van der Waals surface area contributed by atoms with Crippen molar-refractivity contribution in [1.82, 2.24) is 0 Å². The predicted octanol–water partition coefficient (Wildman–Crippen LogP) is 1.62. The molecule has 0 aromatic heterocycles. The summed E-state index contributed by atoms with van der Waals surface area (Å²) in [6.45, 7) is 3.11. The molecule has 5 nitrogen and oxygen atoms in total. The number of nitrogens with one attached hydrogen (secondary N) is 1. The zero-order chi connectivity index (χ0) is 12.7. The van der Waals surface area contributed by atoms with Crippen LogP contribution in [0.4, 0.5) is 11.4 Å². The van der Waals surface area contributed by atoms with Crippen LogP contribution in [0.3, 0.4) is 0 Å². The second-order valence-corrected chi connectivity index (χ2v) is 4.52. The largest absolute Gasteiger partial charge is 0.486 e. The lowest BCUT2D eigenvalue weighted by molar-refractivity contribution is -0.119. The highest BCUT2D eigenvalue weighted by Crippen LogP contribution is 2.42. The number of fused-ring (bicyclic) bond motifs is 2. The fraction of sp³-hybridized carbons (Fsp3) is 0.462. The van der Waals surface area contributed by atoms with Crippen molar-refractivity contribution < 1.29 is 14.3 Å². The van der Waals surface area contributed by atoms with Gasteiger partial charge in [0.25, 0.3) is 0 Å². The van der Waals surface area contributed by atoms with Gasteiger partial charge >= 0.3 is 0 Å². The number of ether oxygens (including phenoxy) is 2. The highest BCUT2D eigenvalue weighted by molar-refractivity contribution is 6.05. The van der Waals surface area contributed by atoms with E-state index < -0.39 is 0 Å². The molecule has 1 aromatic rings. The molecule has 5 heteroatoms.